The van der Waals surface area contributed by atoms with Crippen LogP contribution in [0.4, 0.5) is 0 Å². The van der Waals surface area contributed by atoms with Gasteiger partial charge in [0.1, 0.15) is 0 Å². The van der Waals surface area contributed by atoms with Crippen LogP contribution in [0.1, 0.15) is 39.5 Å². The number of aliphatic hydroxyl groups excluding tert-OH is 1. The molecular formula is C23H34N4O3S2. The van der Waals surface area contributed by atoms with Gasteiger partial charge >= 0.3 is 0 Å². The van der Waals surface area contributed by atoms with E-state index in [0.29, 0.717) is 12.4 Å². The van der Waals surface area contributed by atoms with Crippen LogP contribution in [-0.2, 0) is 18.7 Å². The second-order valence-electron chi connectivity index (χ2n) is 7.93. The second-order valence-corrected chi connectivity index (χ2v) is 10.3. The van der Waals surface area contributed by atoms with E-state index in [1.54, 1.807) is 11.8 Å². The van der Waals surface area contributed by atoms with Crippen molar-refractivity contribution in [1.29, 1.82) is 0 Å². The molecule has 0 saturated heterocycles. The number of hydrogen-bond donors (Lipinski definition) is 2. The lowest BCUT2D eigenvalue weighted by atomic mass is 10.0. The lowest BCUT2D eigenvalue weighted by Gasteiger charge is -2.11. The maximum Gasteiger partial charge on any atom is 0.259 e. The van der Waals surface area contributed by atoms with Gasteiger partial charge < -0.3 is 15.3 Å². The number of nitrogens with zero attached hydrogens (tertiary/aromatic N) is 3. The van der Waals surface area contributed by atoms with Gasteiger partial charge in [-0.3, -0.25) is 15.1 Å². The third kappa shape index (κ3) is 9.28. The van der Waals surface area contributed by atoms with Crippen LogP contribution in [0.25, 0.3) is 0 Å². The lowest BCUT2D eigenvalue weighted by molar-refractivity contribution is -0.463. The van der Waals surface area contributed by atoms with Crippen LogP contribution in [0.15, 0.2) is 35.3 Å². The molecule has 2 rings (SSSR count). The first-order valence-electron chi connectivity index (χ1n) is 10.7. The summed E-state index contributed by atoms with van der Waals surface area (Å²) in [6.45, 7) is 5.48. The van der Waals surface area contributed by atoms with Crippen LogP contribution in [0.2, 0.25) is 0 Å². The fourth-order valence-corrected chi connectivity index (χ4v) is 5.41. The SMILES string of the molecule is CCc1cccc(C(O)CN=C(C[N+](=O)[O-])NCCSCc2cc(C)c(CN(C)C)s2)c1. The maximum atomic E-state index is 11.0. The highest BCUT2D eigenvalue weighted by Gasteiger charge is 2.12. The van der Waals surface area contributed by atoms with Crippen molar-refractivity contribution in [2.75, 3.05) is 39.5 Å². The largest absolute Gasteiger partial charge is 0.386 e. The van der Waals surface area contributed by atoms with E-state index in [-0.39, 0.29) is 13.1 Å². The molecule has 0 amide bonds. The number of rotatable bonds is 13. The molecule has 9 heteroatoms. The van der Waals surface area contributed by atoms with Crippen molar-refractivity contribution in [3.8, 4) is 0 Å². The molecule has 0 saturated carbocycles. The van der Waals surface area contributed by atoms with E-state index in [0.717, 1.165) is 35.6 Å². The van der Waals surface area contributed by atoms with Crippen LogP contribution < -0.4 is 5.32 Å². The molecular weight excluding hydrogens is 444 g/mol. The maximum absolute atomic E-state index is 11.0. The van der Waals surface area contributed by atoms with Gasteiger partial charge in [0.15, 0.2) is 5.84 Å². The molecule has 2 N–H and O–H groups in total. The average Bonchev–Trinajstić information content (AvgIpc) is 3.09. The number of nitro groups is 1. The number of nitrogens with one attached hydrogen (secondary N) is 1. The van der Waals surface area contributed by atoms with Gasteiger partial charge in [-0.2, -0.15) is 11.8 Å². The summed E-state index contributed by atoms with van der Waals surface area (Å²) in [6.07, 6.45) is 0.107. The van der Waals surface area contributed by atoms with Gasteiger partial charge in [-0.05, 0) is 50.2 Å². The van der Waals surface area contributed by atoms with Crippen LogP contribution in [0.3, 0.4) is 0 Å². The number of benzene rings is 1. The third-order valence-electron chi connectivity index (χ3n) is 4.83. The summed E-state index contributed by atoms with van der Waals surface area (Å²) in [7, 11) is 4.15. The smallest absolute Gasteiger partial charge is 0.259 e. The van der Waals surface area contributed by atoms with Gasteiger partial charge in [0, 0.05) is 39.3 Å². The van der Waals surface area contributed by atoms with Crippen molar-refractivity contribution < 1.29 is 10.0 Å². The summed E-state index contributed by atoms with van der Waals surface area (Å²) in [4.78, 5) is 19.8. The lowest BCUT2D eigenvalue weighted by Crippen LogP contribution is -2.32. The Morgan fingerprint density at radius 3 is 2.84 bits per heavy atom. The minimum absolute atomic E-state index is 0.0968. The van der Waals surface area contributed by atoms with Crippen molar-refractivity contribution in [1.82, 2.24) is 10.2 Å². The summed E-state index contributed by atoms with van der Waals surface area (Å²) >= 11 is 3.64. The van der Waals surface area contributed by atoms with Crippen molar-refractivity contribution in [3.05, 3.63) is 66.9 Å². The normalized spacial score (nSPS) is 12.9. The van der Waals surface area contributed by atoms with Crippen LogP contribution in [0, 0.1) is 17.0 Å². The molecule has 0 radical (unpaired) electrons. The van der Waals surface area contributed by atoms with E-state index in [9.17, 15) is 15.2 Å². The van der Waals surface area contributed by atoms with Gasteiger partial charge in [-0.1, -0.05) is 31.2 Å². The number of aliphatic imine (C=N–C) groups is 1. The molecule has 7 nitrogen and oxygen atoms in total. The molecule has 2 aromatic rings. The molecule has 0 aliphatic heterocycles. The number of amidine groups is 1. The van der Waals surface area contributed by atoms with E-state index in [2.05, 4.69) is 49.2 Å². The molecule has 0 spiro atoms. The van der Waals surface area contributed by atoms with E-state index in [1.165, 1.54) is 15.3 Å². The number of aliphatic hydroxyl groups is 1. The van der Waals surface area contributed by atoms with E-state index in [4.69, 9.17) is 0 Å². The average molecular weight is 479 g/mol. The highest BCUT2D eigenvalue weighted by molar-refractivity contribution is 7.98. The van der Waals surface area contributed by atoms with Gasteiger partial charge in [0.25, 0.3) is 6.54 Å². The molecule has 0 aliphatic carbocycles. The summed E-state index contributed by atoms with van der Waals surface area (Å²) in [5.41, 5.74) is 3.26. The fourth-order valence-electron chi connectivity index (χ4n) is 3.15. The molecule has 1 aromatic heterocycles. The second kappa shape index (κ2) is 13.6. The zero-order chi connectivity index (χ0) is 23.5. The predicted octanol–water partition coefficient (Wildman–Crippen LogP) is 3.91. The van der Waals surface area contributed by atoms with Crippen molar-refractivity contribution in [2.24, 2.45) is 4.99 Å². The Morgan fingerprint density at radius 2 is 2.16 bits per heavy atom. The predicted molar refractivity (Wildman–Crippen MR) is 136 cm³/mol. The van der Waals surface area contributed by atoms with Crippen molar-refractivity contribution in [2.45, 2.75) is 38.7 Å². The molecule has 1 heterocycles. The van der Waals surface area contributed by atoms with Gasteiger partial charge in [-0.15, -0.1) is 11.3 Å². The Hall–Kier alpha value is -1.94. The van der Waals surface area contributed by atoms with Gasteiger partial charge in [0.05, 0.1) is 12.6 Å². The molecule has 1 atom stereocenters. The minimum atomic E-state index is -0.780. The Labute approximate surface area is 199 Å². The molecule has 176 valence electrons. The highest BCUT2D eigenvalue weighted by atomic mass is 32.2. The zero-order valence-corrected chi connectivity index (χ0v) is 21.0. The topological polar surface area (TPSA) is 91.0 Å². The first-order valence-corrected chi connectivity index (χ1v) is 12.7. The van der Waals surface area contributed by atoms with Crippen LogP contribution in [0.5, 0.6) is 0 Å². The molecule has 0 fully saturated rings. The van der Waals surface area contributed by atoms with Crippen molar-refractivity contribution >= 4 is 28.9 Å². The third-order valence-corrected chi connectivity index (χ3v) is 7.24. The Morgan fingerprint density at radius 1 is 1.38 bits per heavy atom. The Balaban J connectivity index is 1.82. The Kier molecular flexibility index (Phi) is 11.2. The van der Waals surface area contributed by atoms with E-state index < -0.39 is 11.0 Å². The molecule has 1 aromatic carbocycles. The summed E-state index contributed by atoms with van der Waals surface area (Å²) in [5.74, 6) is 2.05. The van der Waals surface area contributed by atoms with Crippen LogP contribution >= 0.6 is 23.1 Å². The first-order chi connectivity index (χ1) is 15.3. The molecule has 0 aliphatic rings. The number of hydrogen-bond acceptors (Lipinski definition) is 7. The van der Waals surface area contributed by atoms with Crippen LogP contribution in [-0.4, -0.2) is 60.2 Å². The number of thiophene rings is 1. The quantitative estimate of drug-likeness (QED) is 0.149. The van der Waals surface area contributed by atoms with E-state index >= 15 is 0 Å². The first kappa shape index (κ1) is 26.3. The van der Waals surface area contributed by atoms with Gasteiger partial charge in [0.2, 0.25) is 0 Å². The monoisotopic (exact) mass is 478 g/mol. The summed E-state index contributed by atoms with van der Waals surface area (Å²) in [6, 6.07) is 9.98. The molecule has 32 heavy (non-hydrogen) atoms. The van der Waals surface area contributed by atoms with Crippen molar-refractivity contribution in [3.63, 3.8) is 0 Å². The number of aryl methyl sites for hydroxylation is 2. The summed E-state index contributed by atoms with van der Waals surface area (Å²) < 4.78 is 0. The zero-order valence-electron chi connectivity index (χ0n) is 19.3. The summed E-state index contributed by atoms with van der Waals surface area (Å²) in [5, 5.41) is 24.5. The molecule has 0 bridgehead atoms. The standard InChI is InChI=1S/C23H34N4O3S2/c1-5-18-7-6-8-19(12-18)21(28)13-25-23(15-27(29)30)24-9-10-31-16-20-11-17(2)22(32-20)14-26(3)4/h6-8,11-12,21,28H,5,9-10,13-16H2,1-4H3,(H,24,25). The highest BCUT2D eigenvalue weighted by Crippen LogP contribution is 2.26. The van der Waals surface area contributed by atoms with Gasteiger partial charge in [-0.25, -0.2) is 0 Å². The van der Waals surface area contributed by atoms with E-state index in [1.807, 2.05) is 35.6 Å². The fraction of sp³-hybridized carbons (Fsp3) is 0.522. The molecule has 1 unspecified atom stereocenters. The minimum Gasteiger partial charge on any atom is -0.386 e. The Bertz CT molecular complexity index is 899. The number of thioether (sulfide) groups is 1.